The SMILES string of the molecule is COc1ccc2nccc([C@@H](F)CC[C@@H]3CCN(CCCc4ccoc4)C[C@@H]3CC(=O)O)c2c1. The Morgan fingerprint density at radius 3 is 2.97 bits per heavy atom. The number of aryl methyl sites for hydroxylation is 1. The maximum atomic E-state index is 15.4. The van der Waals surface area contributed by atoms with E-state index in [1.54, 1.807) is 31.9 Å². The van der Waals surface area contributed by atoms with Crippen LogP contribution in [-0.2, 0) is 11.2 Å². The molecule has 0 bridgehead atoms. The fourth-order valence-electron chi connectivity index (χ4n) is 5.20. The van der Waals surface area contributed by atoms with Gasteiger partial charge in [-0.1, -0.05) is 0 Å². The predicted octanol–water partition coefficient (Wildman–Crippen LogP) is 5.67. The van der Waals surface area contributed by atoms with Gasteiger partial charge >= 0.3 is 5.97 Å². The monoisotopic (exact) mass is 468 g/mol. The lowest BCUT2D eigenvalue weighted by molar-refractivity contribution is -0.139. The summed E-state index contributed by atoms with van der Waals surface area (Å²) in [6.07, 6.45) is 8.03. The number of halogens is 1. The highest BCUT2D eigenvalue weighted by molar-refractivity contribution is 5.83. The third-order valence-corrected chi connectivity index (χ3v) is 7.04. The summed E-state index contributed by atoms with van der Waals surface area (Å²) in [6, 6.07) is 9.22. The number of carboxylic acids is 1. The Kier molecular flexibility index (Phi) is 8.16. The molecular formula is C27H33FN2O4. The van der Waals surface area contributed by atoms with Crippen molar-refractivity contribution in [2.24, 2.45) is 11.8 Å². The highest BCUT2D eigenvalue weighted by Crippen LogP contribution is 2.36. The first-order valence-electron chi connectivity index (χ1n) is 12.1. The van der Waals surface area contributed by atoms with Gasteiger partial charge in [-0.25, -0.2) is 4.39 Å². The molecule has 0 radical (unpaired) electrons. The molecule has 0 spiro atoms. The highest BCUT2D eigenvalue weighted by Gasteiger charge is 2.31. The van der Waals surface area contributed by atoms with Gasteiger partial charge < -0.3 is 19.2 Å². The van der Waals surface area contributed by atoms with E-state index in [1.165, 1.54) is 5.56 Å². The lowest BCUT2D eigenvalue weighted by Gasteiger charge is -2.38. The minimum atomic E-state index is -1.13. The number of methoxy groups -OCH3 is 1. The molecule has 0 amide bonds. The summed E-state index contributed by atoms with van der Waals surface area (Å²) in [5.41, 5.74) is 2.55. The quantitative estimate of drug-likeness (QED) is 0.391. The van der Waals surface area contributed by atoms with Crippen molar-refractivity contribution in [1.29, 1.82) is 0 Å². The van der Waals surface area contributed by atoms with Crippen LogP contribution in [0.25, 0.3) is 10.9 Å². The fourth-order valence-corrected chi connectivity index (χ4v) is 5.20. The lowest BCUT2D eigenvalue weighted by atomic mass is 9.79. The van der Waals surface area contributed by atoms with Crippen LogP contribution in [0.4, 0.5) is 4.39 Å². The molecule has 6 nitrogen and oxygen atoms in total. The van der Waals surface area contributed by atoms with Gasteiger partial charge in [-0.15, -0.1) is 0 Å². The van der Waals surface area contributed by atoms with Crippen molar-refractivity contribution in [3.63, 3.8) is 0 Å². The average Bonchev–Trinajstić information content (AvgIpc) is 3.36. The smallest absolute Gasteiger partial charge is 0.303 e. The summed E-state index contributed by atoms with van der Waals surface area (Å²) >= 11 is 0. The molecule has 0 saturated carbocycles. The third kappa shape index (κ3) is 6.14. The molecule has 1 aliphatic heterocycles. The van der Waals surface area contributed by atoms with Crippen LogP contribution < -0.4 is 4.74 Å². The van der Waals surface area contributed by atoms with Crippen molar-refractivity contribution < 1.29 is 23.4 Å². The van der Waals surface area contributed by atoms with E-state index in [1.807, 2.05) is 24.3 Å². The van der Waals surface area contributed by atoms with Crippen LogP contribution in [0.5, 0.6) is 5.75 Å². The van der Waals surface area contributed by atoms with Gasteiger partial charge in [0.25, 0.3) is 0 Å². The molecule has 1 N–H and O–H groups in total. The van der Waals surface area contributed by atoms with E-state index in [0.717, 1.165) is 49.8 Å². The zero-order valence-corrected chi connectivity index (χ0v) is 19.7. The number of hydrogen-bond donors (Lipinski definition) is 1. The number of benzene rings is 1. The molecule has 1 aliphatic rings. The van der Waals surface area contributed by atoms with Gasteiger partial charge in [0.2, 0.25) is 0 Å². The van der Waals surface area contributed by atoms with Crippen molar-refractivity contribution in [2.45, 2.75) is 44.7 Å². The number of aromatic nitrogens is 1. The molecule has 0 unspecified atom stereocenters. The molecular weight excluding hydrogens is 435 g/mol. The van der Waals surface area contributed by atoms with E-state index in [0.29, 0.717) is 24.2 Å². The van der Waals surface area contributed by atoms with Crippen LogP contribution in [0.3, 0.4) is 0 Å². The summed E-state index contributed by atoms with van der Waals surface area (Å²) in [6.45, 7) is 2.62. The first-order chi connectivity index (χ1) is 16.5. The topological polar surface area (TPSA) is 75.8 Å². The molecule has 0 aliphatic carbocycles. The number of furan rings is 1. The van der Waals surface area contributed by atoms with Gasteiger partial charge in [-0.3, -0.25) is 9.78 Å². The first-order valence-corrected chi connectivity index (χ1v) is 12.1. The van der Waals surface area contributed by atoms with E-state index in [-0.39, 0.29) is 18.3 Å². The van der Waals surface area contributed by atoms with Crippen LogP contribution in [0, 0.1) is 11.8 Å². The molecule has 3 heterocycles. The Bertz CT molecular complexity index is 1070. The second-order valence-electron chi connectivity index (χ2n) is 9.27. The maximum absolute atomic E-state index is 15.4. The van der Waals surface area contributed by atoms with Gasteiger partial charge in [0, 0.05) is 24.5 Å². The lowest BCUT2D eigenvalue weighted by Crippen LogP contribution is -2.42. The van der Waals surface area contributed by atoms with Crippen molar-refractivity contribution in [1.82, 2.24) is 9.88 Å². The number of ether oxygens (including phenoxy) is 1. The molecule has 3 aromatic rings. The summed E-state index contributed by atoms with van der Waals surface area (Å²) in [7, 11) is 1.59. The molecule has 1 saturated heterocycles. The van der Waals surface area contributed by atoms with E-state index >= 15 is 4.39 Å². The highest BCUT2D eigenvalue weighted by atomic mass is 19.1. The maximum Gasteiger partial charge on any atom is 0.303 e. The average molecular weight is 469 g/mol. The molecule has 1 aromatic carbocycles. The number of aliphatic carboxylic acids is 1. The Morgan fingerprint density at radius 2 is 2.21 bits per heavy atom. The molecule has 182 valence electrons. The van der Waals surface area contributed by atoms with Gasteiger partial charge in [-0.05, 0) is 98.5 Å². The van der Waals surface area contributed by atoms with Gasteiger partial charge in [0.05, 0.1) is 25.2 Å². The van der Waals surface area contributed by atoms with E-state index in [2.05, 4.69) is 9.88 Å². The zero-order chi connectivity index (χ0) is 23.9. The molecule has 4 rings (SSSR count). The minimum Gasteiger partial charge on any atom is -0.497 e. The molecule has 3 atom stereocenters. The molecule has 2 aromatic heterocycles. The van der Waals surface area contributed by atoms with E-state index < -0.39 is 12.1 Å². The Labute approximate surface area is 199 Å². The number of nitrogens with zero attached hydrogens (tertiary/aromatic N) is 2. The summed E-state index contributed by atoms with van der Waals surface area (Å²) in [4.78, 5) is 18.2. The number of fused-ring (bicyclic) bond motifs is 1. The van der Waals surface area contributed by atoms with Crippen molar-refractivity contribution in [3.8, 4) is 5.75 Å². The summed E-state index contributed by atoms with van der Waals surface area (Å²) in [5.74, 6) is 0.152. The summed E-state index contributed by atoms with van der Waals surface area (Å²) < 4.78 is 25.9. The van der Waals surface area contributed by atoms with Crippen LogP contribution in [0.2, 0.25) is 0 Å². The Morgan fingerprint density at radius 1 is 1.32 bits per heavy atom. The number of hydrogen-bond acceptors (Lipinski definition) is 5. The third-order valence-electron chi connectivity index (χ3n) is 7.04. The van der Waals surface area contributed by atoms with Crippen molar-refractivity contribution in [3.05, 3.63) is 60.2 Å². The molecule has 34 heavy (non-hydrogen) atoms. The standard InChI is InChI=1S/C27H33FN2O4/c1-33-22-5-7-26-24(16-22)23(8-11-29-26)25(28)6-4-20-9-13-30(17-21(20)15-27(31)32)12-2-3-19-10-14-34-18-19/h5,7-8,10-11,14,16,18,20-21,25H,2-4,6,9,12-13,15,17H2,1H3,(H,31,32)/t20-,21+,25+/m1/s1. The van der Waals surface area contributed by atoms with Crippen LogP contribution >= 0.6 is 0 Å². The van der Waals surface area contributed by atoms with E-state index in [4.69, 9.17) is 9.15 Å². The Hall–Kier alpha value is -2.93. The van der Waals surface area contributed by atoms with Crippen LogP contribution in [-0.4, -0.2) is 47.7 Å². The summed E-state index contributed by atoms with van der Waals surface area (Å²) in [5, 5.41) is 10.2. The zero-order valence-electron chi connectivity index (χ0n) is 19.7. The second-order valence-corrected chi connectivity index (χ2v) is 9.27. The number of carbonyl (C=O) groups is 1. The number of likely N-dealkylation sites (tertiary alicyclic amines) is 1. The first kappa shape index (κ1) is 24.2. The van der Waals surface area contributed by atoms with Gasteiger partial charge in [-0.2, -0.15) is 0 Å². The number of pyridine rings is 1. The fraction of sp³-hybridized carbons (Fsp3) is 0.481. The number of rotatable bonds is 11. The predicted molar refractivity (Wildman–Crippen MR) is 129 cm³/mol. The molecule has 1 fully saturated rings. The largest absolute Gasteiger partial charge is 0.497 e. The second kappa shape index (κ2) is 11.5. The number of piperidine rings is 1. The van der Waals surface area contributed by atoms with Crippen molar-refractivity contribution >= 4 is 16.9 Å². The van der Waals surface area contributed by atoms with Crippen molar-refractivity contribution in [2.75, 3.05) is 26.7 Å². The normalized spacial score (nSPS) is 19.8. The minimum absolute atomic E-state index is 0.0432. The number of carboxylic acid groups (broad SMARTS) is 1. The van der Waals surface area contributed by atoms with Crippen LogP contribution in [0.15, 0.2) is 53.5 Å². The van der Waals surface area contributed by atoms with E-state index in [9.17, 15) is 9.90 Å². The van der Waals surface area contributed by atoms with Crippen LogP contribution in [0.1, 0.15) is 49.4 Å². The van der Waals surface area contributed by atoms with Gasteiger partial charge in [0.15, 0.2) is 0 Å². The molecule has 7 heteroatoms. The Balaban J connectivity index is 1.35. The van der Waals surface area contributed by atoms with Gasteiger partial charge in [0.1, 0.15) is 11.9 Å². The number of alkyl halides is 1.